The molecule has 0 saturated heterocycles. The summed E-state index contributed by atoms with van der Waals surface area (Å²) >= 11 is 3.44. The molecule has 1 aromatic carbocycles. The van der Waals surface area contributed by atoms with E-state index in [1.54, 1.807) is 0 Å². The van der Waals surface area contributed by atoms with Crippen molar-refractivity contribution in [3.05, 3.63) is 34.3 Å². The van der Waals surface area contributed by atoms with E-state index in [-0.39, 0.29) is 11.9 Å². The third-order valence-corrected chi connectivity index (χ3v) is 2.96. The molecule has 1 atom stereocenters. The van der Waals surface area contributed by atoms with Crippen molar-refractivity contribution < 1.29 is 4.79 Å². The standard InChI is InChI=1S/C13H18BrNO/c1-3-6-13(16)15-12(4-2)10-7-5-8-11(14)9-10/h5,7-9,12H,3-4,6H2,1-2H3,(H,15,16). The molecule has 0 aliphatic rings. The molecule has 0 aliphatic carbocycles. The second-order valence-electron chi connectivity index (χ2n) is 3.83. The van der Waals surface area contributed by atoms with Crippen molar-refractivity contribution in [2.45, 2.75) is 39.2 Å². The van der Waals surface area contributed by atoms with Gasteiger partial charge in [-0.3, -0.25) is 4.79 Å². The molecule has 0 fully saturated rings. The predicted octanol–water partition coefficient (Wildman–Crippen LogP) is 3.82. The molecule has 0 bridgehead atoms. The average molecular weight is 284 g/mol. The van der Waals surface area contributed by atoms with Gasteiger partial charge < -0.3 is 5.32 Å². The number of amides is 1. The topological polar surface area (TPSA) is 29.1 Å². The van der Waals surface area contributed by atoms with Crippen molar-refractivity contribution in [1.82, 2.24) is 5.32 Å². The van der Waals surface area contributed by atoms with Crippen molar-refractivity contribution in [3.63, 3.8) is 0 Å². The van der Waals surface area contributed by atoms with Crippen LogP contribution >= 0.6 is 15.9 Å². The lowest BCUT2D eigenvalue weighted by Gasteiger charge is -2.17. The average Bonchev–Trinajstić information content (AvgIpc) is 2.26. The summed E-state index contributed by atoms with van der Waals surface area (Å²) in [6.45, 7) is 4.09. The van der Waals surface area contributed by atoms with Crippen molar-refractivity contribution >= 4 is 21.8 Å². The molecule has 1 unspecified atom stereocenters. The van der Waals surface area contributed by atoms with Gasteiger partial charge in [-0.25, -0.2) is 0 Å². The van der Waals surface area contributed by atoms with Crippen molar-refractivity contribution in [2.75, 3.05) is 0 Å². The van der Waals surface area contributed by atoms with Gasteiger partial charge in [0.25, 0.3) is 0 Å². The molecular weight excluding hydrogens is 266 g/mol. The third kappa shape index (κ3) is 3.97. The Kier molecular flexibility index (Phi) is 5.53. The first-order valence-corrected chi connectivity index (χ1v) is 6.51. The van der Waals surface area contributed by atoms with E-state index < -0.39 is 0 Å². The fourth-order valence-electron chi connectivity index (χ4n) is 1.64. The molecule has 2 nitrogen and oxygen atoms in total. The van der Waals surface area contributed by atoms with Crippen molar-refractivity contribution in [1.29, 1.82) is 0 Å². The molecule has 3 heteroatoms. The highest BCUT2D eigenvalue weighted by molar-refractivity contribution is 9.10. The number of halogens is 1. The lowest BCUT2D eigenvalue weighted by Crippen LogP contribution is -2.27. The lowest BCUT2D eigenvalue weighted by atomic mass is 10.0. The number of nitrogens with one attached hydrogen (secondary N) is 1. The van der Waals surface area contributed by atoms with E-state index in [2.05, 4.69) is 34.2 Å². The Morgan fingerprint density at radius 2 is 2.19 bits per heavy atom. The monoisotopic (exact) mass is 283 g/mol. The summed E-state index contributed by atoms with van der Waals surface area (Å²) in [5.41, 5.74) is 1.15. The van der Waals surface area contributed by atoms with Crippen LogP contribution in [-0.2, 0) is 4.79 Å². The van der Waals surface area contributed by atoms with Gasteiger partial charge in [0.2, 0.25) is 5.91 Å². The van der Waals surface area contributed by atoms with Gasteiger partial charge in [0.1, 0.15) is 0 Å². The number of hydrogen-bond acceptors (Lipinski definition) is 1. The number of carbonyl (C=O) groups excluding carboxylic acids is 1. The molecule has 1 rings (SSSR count). The SMILES string of the molecule is CCCC(=O)NC(CC)c1cccc(Br)c1. The Morgan fingerprint density at radius 1 is 1.44 bits per heavy atom. The maximum atomic E-state index is 11.5. The zero-order valence-corrected chi connectivity index (χ0v) is 11.4. The maximum absolute atomic E-state index is 11.5. The lowest BCUT2D eigenvalue weighted by molar-refractivity contribution is -0.121. The van der Waals surface area contributed by atoms with Gasteiger partial charge in [0.05, 0.1) is 6.04 Å². The van der Waals surface area contributed by atoms with E-state index in [1.165, 1.54) is 0 Å². The largest absolute Gasteiger partial charge is 0.349 e. The zero-order chi connectivity index (χ0) is 12.0. The Morgan fingerprint density at radius 3 is 2.75 bits per heavy atom. The van der Waals surface area contributed by atoms with E-state index in [0.717, 1.165) is 22.9 Å². The van der Waals surface area contributed by atoms with Gasteiger partial charge in [-0.05, 0) is 30.5 Å². The summed E-state index contributed by atoms with van der Waals surface area (Å²) in [6.07, 6.45) is 2.40. The second-order valence-corrected chi connectivity index (χ2v) is 4.75. The smallest absolute Gasteiger partial charge is 0.220 e. The second kappa shape index (κ2) is 6.69. The minimum atomic E-state index is 0.122. The third-order valence-electron chi connectivity index (χ3n) is 2.47. The molecule has 0 saturated carbocycles. The van der Waals surface area contributed by atoms with Crippen LogP contribution in [0.4, 0.5) is 0 Å². The molecule has 0 radical (unpaired) electrons. The zero-order valence-electron chi connectivity index (χ0n) is 9.79. The highest BCUT2D eigenvalue weighted by atomic mass is 79.9. The Hall–Kier alpha value is -0.830. The van der Waals surface area contributed by atoms with Crippen LogP contribution < -0.4 is 5.32 Å². The molecule has 88 valence electrons. The van der Waals surface area contributed by atoms with Gasteiger partial charge in [0.15, 0.2) is 0 Å². The van der Waals surface area contributed by atoms with Crippen LogP contribution in [0.2, 0.25) is 0 Å². The van der Waals surface area contributed by atoms with E-state index >= 15 is 0 Å². The highest BCUT2D eigenvalue weighted by Crippen LogP contribution is 2.20. The molecule has 1 amide bonds. The summed E-state index contributed by atoms with van der Waals surface area (Å²) in [5, 5.41) is 3.05. The fourth-order valence-corrected chi connectivity index (χ4v) is 2.05. The number of carbonyl (C=O) groups is 1. The van der Waals surface area contributed by atoms with Crippen LogP contribution in [0.5, 0.6) is 0 Å². The summed E-state index contributed by atoms with van der Waals surface area (Å²) in [4.78, 5) is 11.5. The molecule has 0 aliphatic heterocycles. The Labute approximate surface area is 106 Å². The van der Waals surface area contributed by atoms with Crippen LogP contribution in [0.25, 0.3) is 0 Å². The van der Waals surface area contributed by atoms with E-state index in [0.29, 0.717) is 6.42 Å². The first-order chi connectivity index (χ1) is 7.67. The summed E-state index contributed by atoms with van der Waals surface area (Å²) < 4.78 is 1.05. The minimum absolute atomic E-state index is 0.122. The summed E-state index contributed by atoms with van der Waals surface area (Å²) in [7, 11) is 0. The Bertz CT molecular complexity index is 352. The molecule has 1 aromatic rings. The van der Waals surface area contributed by atoms with Gasteiger partial charge in [-0.2, -0.15) is 0 Å². The van der Waals surface area contributed by atoms with E-state index in [9.17, 15) is 4.79 Å². The van der Waals surface area contributed by atoms with Gasteiger partial charge in [-0.15, -0.1) is 0 Å². The number of benzene rings is 1. The molecule has 0 heterocycles. The molecule has 1 N–H and O–H groups in total. The van der Waals surface area contributed by atoms with E-state index in [4.69, 9.17) is 0 Å². The van der Waals surface area contributed by atoms with Gasteiger partial charge in [-0.1, -0.05) is 41.9 Å². The molecular formula is C13H18BrNO. The molecule has 16 heavy (non-hydrogen) atoms. The maximum Gasteiger partial charge on any atom is 0.220 e. The van der Waals surface area contributed by atoms with Crippen molar-refractivity contribution in [3.8, 4) is 0 Å². The predicted molar refractivity (Wildman–Crippen MR) is 70.2 cm³/mol. The quantitative estimate of drug-likeness (QED) is 0.875. The normalized spacial score (nSPS) is 12.2. The summed E-state index contributed by atoms with van der Waals surface area (Å²) in [5.74, 6) is 0.134. The van der Waals surface area contributed by atoms with Crippen LogP contribution in [-0.4, -0.2) is 5.91 Å². The fraction of sp³-hybridized carbons (Fsp3) is 0.462. The van der Waals surface area contributed by atoms with Crippen LogP contribution in [0.15, 0.2) is 28.7 Å². The van der Waals surface area contributed by atoms with Crippen molar-refractivity contribution in [2.24, 2.45) is 0 Å². The highest BCUT2D eigenvalue weighted by Gasteiger charge is 2.11. The van der Waals surface area contributed by atoms with Crippen LogP contribution in [0.3, 0.4) is 0 Å². The summed E-state index contributed by atoms with van der Waals surface area (Å²) in [6, 6.07) is 8.21. The van der Waals surface area contributed by atoms with Gasteiger partial charge in [0, 0.05) is 10.9 Å². The molecule has 0 spiro atoms. The molecule has 0 aromatic heterocycles. The Balaban J connectivity index is 2.70. The van der Waals surface area contributed by atoms with Gasteiger partial charge >= 0.3 is 0 Å². The van der Waals surface area contributed by atoms with E-state index in [1.807, 2.05) is 25.1 Å². The number of rotatable bonds is 5. The van der Waals surface area contributed by atoms with Crippen LogP contribution in [0.1, 0.15) is 44.7 Å². The van der Waals surface area contributed by atoms with Crippen LogP contribution in [0, 0.1) is 0 Å². The first-order valence-electron chi connectivity index (χ1n) is 5.72. The first kappa shape index (κ1) is 13.2. The minimum Gasteiger partial charge on any atom is -0.349 e. The number of hydrogen-bond donors (Lipinski definition) is 1.